The first-order chi connectivity index (χ1) is 9.38. The zero-order chi connectivity index (χ0) is 14.8. The Morgan fingerprint density at radius 1 is 1.45 bits per heavy atom. The summed E-state index contributed by atoms with van der Waals surface area (Å²) in [5.74, 6) is -0.343. The second-order valence-corrected chi connectivity index (χ2v) is 6.79. The van der Waals surface area contributed by atoms with Gasteiger partial charge in [0.2, 0.25) is 15.4 Å². The molecule has 2 heterocycles. The van der Waals surface area contributed by atoms with Gasteiger partial charge in [0.05, 0.1) is 6.20 Å². The standard InChI is InChI=1S/C9H12N6O3S2/c1-5(7-3-10-11-4-7)15-20(17,18)9-14-13-8(19-9)12-6(2)16/h3-5,15H,1-2H3,(H,10,11)(H,12,13,16). The van der Waals surface area contributed by atoms with Crippen molar-refractivity contribution < 1.29 is 13.2 Å². The number of hydrogen-bond acceptors (Lipinski definition) is 7. The van der Waals surface area contributed by atoms with Gasteiger partial charge in [0, 0.05) is 24.7 Å². The van der Waals surface area contributed by atoms with Crippen LogP contribution in [0, 0.1) is 0 Å². The summed E-state index contributed by atoms with van der Waals surface area (Å²) in [5, 5.41) is 16.0. The van der Waals surface area contributed by atoms with Crippen molar-refractivity contribution in [1.82, 2.24) is 25.1 Å². The van der Waals surface area contributed by atoms with Gasteiger partial charge >= 0.3 is 0 Å². The monoisotopic (exact) mass is 316 g/mol. The molecule has 0 radical (unpaired) electrons. The fraction of sp³-hybridized carbons (Fsp3) is 0.333. The highest BCUT2D eigenvalue weighted by atomic mass is 32.2. The number of hydrogen-bond donors (Lipinski definition) is 3. The molecule has 0 saturated heterocycles. The largest absolute Gasteiger partial charge is 0.301 e. The summed E-state index contributed by atoms with van der Waals surface area (Å²) >= 11 is 0.779. The van der Waals surface area contributed by atoms with Crippen LogP contribution in [0.1, 0.15) is 25.5 Å². The van der Waals surface area contributed by atoms with Crippen molar-refractivity contribution in [2.24, 2.45) is 0 Å². The van der Waals surface area contributed by atoms with Crippen LogP contribution < -0.4 is 10.0 Å². The Labute approximate surface area is 118 Å². The highest BCUT2D eigenvalue weighted by Crippen LogP contribution is 2.21. The van der Waals surface area contributed by atoms with Gasteiger partial charge in [0.25, 0.3) is 10.0 Å². The number of sulfonamides is 1. The van der Waals surface area contributed by atoms with Gasteiger partial charge in [0.1, 0.15) is 0 Å². The molecule has 1 atom stereocenters. The predicted octanol–water partition coefficient (Wildman–Crippen LogP) is 0.259. The number of anilines is 1. The fourth-order valence-corrected chi connectivity index (χ4v) is 3.56. The Balaban J connectivity index is 2.14. The number of amides is 1. The van der Waals surface area contributed by atoms with Crippen molar-refractivity contribution in [1.29, 1.82) is 0 Å². The first kappa shape index (κ1) is 14.6. The molecule has 0 saturated carbocycles. The van der Waals surface area contributed by atoms with Gasteiger partial charge in [0.15, 0.2) is 0 Å². The van der Waals surface area contributed by atoms with E-state index in [0.29, 0.717) is 5.56 Å². The molecule has 0 bridgehead atoms. The van der Waals surface area contributed by atoms with Crippen LogP contribution in [0.5, 0.6) is 0 Å². The lowest BCUT2D eigenvalue weighted by molar-refractivity contribution is -0.114. The number of aromatic amines is 1. The van der Waals surface area contributed by atoms with Crippen LogP contribution >= 0.6 is 11.3 Å². The van der Waals surface area contributed by atoms with Gasteiger partial charge in [-0.1, -0.05) is 11.3 Å². The number of nitrogens with zero attached hydrogens (tertiary/aromatic N) is 3. The van der Waals surface area contributed by atoms with Gasteiger partial charge in [-0.25, -0.2) is 13.1 Å². The summed E-state index contributed by atoms with van der Waals surface area (Å²) in [6.45, 7) is 2.98. The summed E-state index contributed by atoms with van der Waals surface area (Å²) < 4.78 is 26.4. The average molecular weight is 316 g/mol. The van der Waals surface area contributed by atoms with Crippen LogP contribution in [0.15, 0.2) is 16.7 Å². The molecule has 0 aliphatic rings. The molecular weight excluding hydrogens is 304 g/mol. The van der Waals surface area contributed by atoms with E-state index in [2.05, 4.69) is 30.4 Å². The van der Waals surface area contributed by atoms with Crippen molar-refractivity contribution in [3.05, 3.63) is 18.0 Å². The second-order valence-electron chi connectivity index (χ2n) is 3.93. The lowest BCUT2D eigenvalue weighted by atomic mass is 10.2. The number of aromatic nitrogens is 4. The van der Waals surface area contributed by atoms with E-state index in [-0.39, 0.29) is 15.4 Å². The molecule has 108 valence electrons. The van der Waals surface area contributed by atoms with E-state index in [9.17, 15) is 13.2 Å². The Kier molecular flexibility index (Phi) is 4.11. The van der Waals surface area contributed by atoms with Gasteiger partial charge in [-0.3, -0.25) is 9.89 Å². The highest BCUT2D eigenvalue weighted by molar-refractivity contribution is 7.91. The summed E-state index contributed by atoms with van der Waals surface area (Å²) in [6.07, 6.45) is 3.12. The molecule has 2 aromatic heterocycles. The summed E-state index contributed by atoms with van der Waals surface area (Å²) in [7, 11) is -3.80. The Hall–Kier alpha value is -1.85. The maximum atomic E-state index is 12.1. The molecule has 0 spiro atoms. The van der Waals surface area contributed by atoms with Crippen molar-refractivity contribution in [2.75, 3.05) is 5.32 Å². The summed E-state index contributed by atoms with van der Waals surface area (Å²) in [4.78, 5) is 10.9. The van der Waals surface area contributed by atoms with Crippen LogP contribution in [-0.4, -0.2) is 34.7 Å². The zero-order valence-corrected chi connectivity index (χ0v) is 12.2. The summed E-state index contributed by atoms with van der Waals surface area (Å²) in [6, 6.07) is -0.466. The third-order valence-electron chi connectivity index (χ3n) is 2.27. The van der Waals surface area contributed by atoms with Crippen LogP contribution in [-0.2, 0) is 14.8 Å². The number of carbonyl (C=O) groups excluding carboxylic acids is 1. The molecule has 0 fully saturated rings. The van der Waals surface area contributed by atoms with Gasteiger partial charge in [-0.2, -0.15) is 5.10 Å². The van der Waals surface area contributed by atoms with Crippen molar-refractivity contribution in [2.45, 2.75) is 24.2 Å². The van der Waals surface area contributed by atoms with Crippen LogP contribution in [0.4, 0.5) is 5.13 Å². The third kappa shape index (κ3) is 3.37. The van der Waals surface area contributed by atoms with E-state index in [4.69, 9.17) is 0 Å². The quantitative estimate of drug-likeness (QED) is 0.678. The molecule has 1 amide bonds. The van der Waals surface area contributed by atoms with Crippen LogP contribution in [0.2, 0.25) is 0 Å². The highest BCUT2D eigenvalue weighted by Gasteiger charge is 2.23. The third-order valence-corrected chi connectivity index (χ3v) is 5.02. The van der Waals surface area contributed by atoms with E-state index < -0.39 is 16.1 Å². The number of nitrogens with one attached hydrogen (secondary N) is 3. The number of rotatable bonds is 5. The van der Waals surface area contributed by atoms with Crippen molar-refractivity contribution in [3.8, 4) is 0 Å². The molecule has 1 unspecified atom stereocenters. The molecule has 11 heteroatoms. The van der Waals surface area contributed by atoms with Crippen molar-refractivity contribution in [3.63, 3.8) is 0 Å². The maximum absolute atomic E-state index is 12.1. The lowest BCUT2D eigenvalue weighted by Crippen LogP contribution is -2.26. The minimum absolute atomic E-state index is 0.133. The fourth-order valence-electron chi connectivity index (χ4n) is 1.37. The first-order valence-corrected chi connectivity index (χ1v) is 7.80. The van der Waals surface area contributed by atoms with Gasteiger partial charge in [-0.15, -0.1) is 10.2 Å². The second kappa shape index (κ2) is 5.64. The van der Waals surface area contributed by atoms with Gasteiger partial charge in [-0.05, 0) is 6.92 Å². The zero-order valence-electron chi connectivity index (χ0n) is 10.6. The van der Waals surface area contributed by atoms with E-state index in [1.165, 1.54) is 13.1 Å². The van der Waals surface area contributed by atoms with Gasteiger partial charge < -0.3 is 5.32 Å². The van der Waals surface area contributed by atoms with Crippen molar-refractivity contribution >= 4 is 32.4 Å². The number of carbonyl (C=O) groups is 1. The smallest absolute Gasteiger partial charge is 0.270 e. The Bertz CT molecular complexity index is 693. The van der Waals surface area contributed by atoms with E-state index >= 15 is 0 Å². The maximum Gasteiger partial charge on any atom is 0.270 e. The predicted molar refractivity (Wildman–Crippen MR) is 71.5 cm³/mol. The van der Waals surface area contributed by atoms with E-state index in [1.54, 1.807) is 13.1 Å². The minimum atomic E-state index is -3.80. The molecule has 3 N–H and O–H groups in total. The normalized spacial score (nSPS) is 13.1. The molecule has 0 aromatic carbocycles. The molecular formula is C9H12N6O3S2. The Morgan fingerprint density at radius 3 is 2.80 bits per heavy atom. The topological polar surface area (TPSA) is 130 Å². The first-order valence-electron chi connectivity index (χ1n) is 5.50. The molecule has 0 aliphatic carbocycles. The molecule has 2 rings (SSSR count). The lowest BCUT2D eigenvalue weighted by Gasteiger charge is -2.10. The van der Waals surface area contributed by atoms with E-state index in [0.717, 1.165) is 11.3 Å². The number of H-pyrrole nitrogens is 1. The molecule has 2 aromatic rings. The van der Waals surface area contributed by atoms with Crippen LogP contribution in [0.3, 0.4) is 0 Å². The minimum Gasteiger partial charge on any atom is -0.301 e. The van der Waals surface area contributed by atoms with E-state index in [1.807, 2.05) is 0 Å². The average Bonchev–Trinajstić information content (AvgIpc) is 2.97. The SMILES string of the molecule is CC(=O)Nc1nnc(S(=O)(=O)NC(C)c2cn[nH]c2)s1. The molecule has 20 heavy (non-hydrogen) atoms. The molecule has 0 aliphatic heterocycles. The Morgan fingerprint density at radius 2 is 2.20 bits per heavy atom. The molecule has 9 nitrogen and oxygen atoms in total. The summed E-state index contributed by atoms with van der Waals surface area (Å²) in [5.41, 5.74) is 0.695. The van der Waals surface area contributed by atoms with Crippen LogP contribution in [0.25, 0.3) is 0 Å².